The first-order valence-electron chi connectivity index (χ1n) is 6.40. The Morgan fingerprint density at radius 1 is 1.05 bits per heavy atom. The van der Waals surface area contributed by atoms with E-state index in [9.17, 15) is 9.18 Å². The van der Waals surface area contributed by atoms with Crippen LogP contribution >= 0.6 is 15.9 Å². The van der Waals surface area contributed by atoms with Crippen LogP contribution in [0.2, 0.25) is 0 Å². The fraction of sp³-hybridized carbons (Fsp3) is 0.235. The van der Waals surface area contributed by atoms with Crippen molar-refractivity contribution in [1.82, 2.24) is 0 Å². The predicted octanol–water partition coefficient (Wildman–Crippen LogP) is 5.12. The minimum Gasteiger partial charge on any atom is -0.288 e. The first kappa shape index (κ1) is 14.9. The van der Waals surface area contributed by atoms with Crippen LogP contribution in [0.25, 0.3) is 0 Å². The molecule has 0 atom stereocenters. The topological polar surface area (TPSA) is 17.1 Å². The maximum atomic E-state index is 13.9. The van der Waals surface area contributed by atoms with E-state index >= 15 is 0 Å². The third kappa shape index (κ3) is 2.98. The van der Waals surface area contributed by atoms with E-state index in [1.54, 1.807) is 18.2 Å². The molecule has 0 aliphatic heterocycles. The Kier molecular flexibility index (Phi) is 4.09. The smallest absolute Gasteiger partial charge is 0.196 e. The molecule has 0 fully saturated rings. The van der Waals surface area contributed by atoms with Crippen molar-refractivity contribution in [3.63, 3.8) is 0 Å². The molecule has 0 radical (unpaired) electrons. The monoisotopic (exact) mass is 334 g/mol. The van der Waals surface area contributed by atoms with E-state index in [4.69, 9.17) is 0 Å². The van der Waals surface area contributed by atoms with Gasteiger partial charge in [-0.25, -0.2) is 4.39 Å². The summed E-state index contributed by atoms with van der Waals surface area (Å²) in [7, 11) is 0. The summed E-state index contributed by atoms with van der Waals surface area (Å²) in [6.07, 6.45) is 0. The van der Waals surface area contributed by atoms with Gasteiger partial charge in [-0.15, -0.1) is 0 Å². The van der Waals surface area contributed by atoms with Crippen LogP contribution in [-0.2, 0) is 5.41 Å². The Labute approximate surface area is 127 Å². The van der Waals surface area contributed by atoms with Crippen LogP contribution < -0.4 is 0 Å². The lowest BCUT2D eigenvalue weighted by molar-refractivity contribution is 0.103. The van der Waals surface area contributed by atoms with Gasteiger partial charge in [-0.1, -0.05) is 61.0 Å². The van der Waals surface area contributed by atoms with Crippen molar-refractivity contribution in [3.05, 3.63) is 69.4 Å². The van der Waals surface area contributed by atoms with E-state index in [2.05, 4.69) is 15.9 Å². The van der Waals surface area contributed by atoms with Gasteiger partial charge in [0, 0.05) is 10.0 Å². The van der Waals surface area contributed by atoms with E-state index in [0.29, 0.717) is 10.0 Å². The summed E-state index contributed by atoms with van der Waals surface area (Å²) in [6.45, 7) is 6.11. The molecule has 0 aromatic heterocycles. The lowest BCUT2D eigenvalue weighted by Gasteiger charge is -2.22. The zero-order valence-corrected chi connectivity index (χ0v) is 13.3. The third-order valence-electron chi connectivity index (χ3n) is 3.15. The summed E-state index contributed by atoms with van der Waals surface area (Å²) in [5.74, 6) is -0.781. The van der Waals surface area contributed by atoms with Crippen molar-refractivity contribution in [2.75, 3.05) is 0 Å². The van der Waals surface area contributed by atoms with Gasteiger partial charge >= 0.3 is 0 Å². The van der Waals surface area contributed by atoms with Crippen molar-refractivity contribution in [1.29, 1.82) is 0 Å². The number of carbonyl (C=O) groups excluding carboxylic acids is 1. The summed E-state index contributed by atoms with van der Waals surface area (Å²) in [4.78, 5) is 12.6. The van der Waals surface area contributed by atoms with Gasteiger partial charge < -0.3 is 0 Å². The predicted molar refractivity (Wildman–Crippen MR) is 82.7 cm³/mol. The van der Waals surface area contributed by atoms with Gasteiger partial charge in [0.05, 0.1) is 5.56 Å². The molecule has 0 N–H and O–H groups in total. The molecule has 0 aliphatic carbocycles. The number of halogens is 2. The molecule has 0 unspecified atom stereocenters. The second-order valence-electron chi connectivity index (χ2n) is 5.75. The van der Waals surface area contributed by atoms with Gasteiger partial charge in [0.2, 0.25) is 0 Å². The molecule has 20 heavy (non-hydrogen) atoms. The Hall–Kier alpha value is -1.48. The first-order chi connectivity index (χ1) is 9.30. The first-order valence-corrected chi connectivity index (χ1v) is 7.19. The quantitative estimate of drug-likeness (QED) is 0.697. The third-order valence-corrected chi connectivity index (χ3v) is 3.65. The van der Waals surface area contributed by atoms with Crippen LogP contribution in [0, 0.1) is 5.82 Å². The van der Waals surface area contributed by atoms with E-state index < -0.39 is 5.82 Å². The molecule has 0 heterocycles. The molecule has 2 rings (SSSR count). The molecule has 0 aliphatic rings. The highest BCUT2D eigenvalue weighted by molar-refractivity contribution is 9.10. The van der Waals surface area contributed by atoms with E-state index in [1.165, 1.54) is 12.1 Å². The van der Waals surface area contributed by atoms with Gasteiger partial charge in [-0.2, -0.15) is 0 Å². The molecule has 1 nitrogen and oxygen atoms in total. The average Bonchev–Trinajstić information content (AvgIpc) is 2.40. The van der Waals surface area contributed by atoms with Crippen LogP contribution in [0.4, 0.5) is 4.39 Å². The maximum absolute atomic E-state index is 13.9. The minimum atomic E-state index is -0.498. The second kappa shape index (κ2) is 5.49. The molecule has 3 heteroatoms. The zero-order valence-electron chi connectivity index (χ0n) is 11.7. The summed E-state index contributed by atoms with van der Waals surface area (Å²) < 4.78 is 14.6. The van der Waals surface area contributed by atoms with Crippen LogP contribution in [0.15, 0.2) is 46.9 Å². The molecular formula is C17H16BrFO. The Morgan fingerprint density at radius 3 is 2.35 bits per heavy atom. The highest BCUT2D eigenvalue weighted by Crippen LogP contribution is 2.28. The van der Waals surface area contributed by atoms with Crippen LogP contribution in [-0.4, -0.2) is 5.78 Å². The summed E-state index contributed by atoms with van der Waals surface area (Å²) in [5, 5.41) is 0. The molecular weight excluding hydrogens is 319 g/mol. The molecule has 104 valence electrons. The van der Waals surface area contributed by atoms with E-state index in [0.717, 1.165) is 5.56 Å². The molecule has 0 amide bonds. The largest absolute Gasteiger partial charge is 0.288 e. The van der Waals surface area contributed by atoms with Crippen LogP contribution in [0.5, 0.6) is 0 Å². The van der Waals surface area contributed by atoms with Crippen molar-refractivity contribution >= 4 is 21.7 Å². The lowest BCUT2D eigenvalue weighted by Crippen LogP contribution is -2.17. The molecule has 0 saturated heterocycles. The fourth-order valence-corrected chi connectivity index (χ4v) is 2.51. The Balaban J connectivity index is 2.57. The van der Waals surface area contributed by atoms with E-state index in [1.807, 2.05) is 32.9 Å². The van der Waals surface area contributed by atoms with Crippen LogP contribution in [0.3, 0.4) is 0 Å². The fourth-order valence-electron chi connectivity index (χ4n) is 2.15. The number of rotatable bonds is 2. The lowest BCUT2D eigenvalue weighted by atomic mass is 9.82. The average molecular weight is 335 g/mol. The van der Waals surface area contributed by atoms with Crippen LogP contribution in [0.1, 0.15) is 42.3 Å². The van der Waals surface area contributed by atoms with Gasteiger partial charge in [-0.05, 0) is 29.2 Å². The number of benzene rings is 2. The van der Waals surface area contributed by atoms with Gasteiger partial charge in [0.15, 0.2) is 5.78 Å². The van der Waals surface area contributed by atoms with Gasteiger partial charge in [0.1, 0.15) is 5.82 Å². The van der Waals surface area contributed by atoms with Crippen molar-refractivity contribution in [3.8, 4) is 0 Å². The SMILES string of the molecule is CC(C)(C)c1ccccc1C(=O)c1cc(Br)ccc1F. The minimum absolute atomic E-state index is 0.0936. The van der Waals surface area contributed by atoms with E-state index in [-0.39, 0.29) is 16.8 Å². The standard InChI is InChI=1S/C17H16BrFO/c1-17(2,3)14-7-5-4-6-12(14)16(20)13-10-11(18)8-9-15(13)19/h4-10H,1-3H3. The summed E-state index contributed by atoms with van der Waals surface area (Å²) in [5.41, 5.74) is 1.40. The number of hydrogen-bond donors (Lipinski definition) is 0. The second-order valence-corrected chi connectivity index (χ2v) is 6.66. The normalized spacial score (nSPS) is 11.4. The number of ketones is 1. The highest BCUT2D eigenvalue weighted by Gasteiger charge is 2.23. The number of hydrogen-bond acceptors (Lipinski definition) is 1. The van der Waals surface area contributed by atoms with Crippen molar-refractivity contribution < 1.29 is 9.18 Å². The molecule has 0 saturated carbocycles. The maximum Gasteiger partial charge on any atom is 0.196 e. The van der Waals surface area contributed by atoms with Gasteiger partial charge in [-0.3, -0.25) is 4.79 Å². The summed E-state index contributed by atoms with van der Waals surface area (Å²) >= 11 is 3.28. The zero-order chi connectivity index (χ0) is 14.9. The molecule has 2 aromatic rings. The van der Waals surface area contributed by atoms with Gasteiger partial charge in [0.25, 0.3) is 0 Å². The molecule has 0 spiro atoms. The molecule has 2 aromatic carbocycles. The summed E-state index contributed by atoms with van der Waals surface area (Å²) in [6, 6.07) is 11.8. The Morgan fingerprint density at radius 2 is 1.70 bits per heavy atom. The van der Waals surface area contributed by atoms with Crippen molar-refractivity contribution in [2.24, 2.45) is 0 Å². The highest BCUT2D eigenvalue weighted by atomic mass is 79.9. The van der Waals surface area contributed by atoms with Crippen molar-refractivity contribution in [2.45, 2.75) is 26.2 Å². The number of carbonyl (C=O) groups is 1. The molecule has 0 bridgehead atoms. The Bertz CT molecular complexity index is 656.